The van der Waals surface area contributed by atoms with Gasteiger partial charge in [-0.25, -0.2) is 15.0 Å². The fraction of sp³-hybridized carbons (Fsp3) is 0. The van der Waals surface area contributed by atoms with E-state index in [-0.39, 0.29) is 0 Å². The Morgan fingerprint density at radius 1 is 0.298 bits per heavy atom. The predicted octanol–water partition coefficient (Wildman–Crippen LogP) is 14.1. The van der Waals surface area contributed by atoms with Crippen molar-refractivity contribution in [3.8, 4) is 67.5 Å². The highest BCUT2D eigenvalue weighted by Gasteiger charge is 2.20. The summed E-state index contributed by atoms with van der Waals surface area (Å²) >= 11 is 0. The first-order valence-corrected chi connectivity index (χ1v) is 19.2. The lowest BCUT2D eigenvalue weighted by Crippen LogP contribution is -2.00. The lowest BCUT2D eigenvalue weighted by atomic mass is 9.96. The minimum absolute atomic E-state index is 0.575. The molecule has 0 radical (unpaired) electrons. The minimum Gasteiger partial charge on any atom is -0.455 e. The van der Waals surface area contributed by atoms with Gasteiger partial charge in [0.05, 0.1) is 0 Å². The summed E-state index contributed by atoms with van der Waals surface area (Å²) in [5.74, 6) is 1.78. The summed E-state index contributed by atoms with van der Waals surface area (Å²) in [7, 11) is 0. The van der Waals surface area contributed by atoms with Gasteiger partial charge in [0.1, 0.15) is 11.2 Å². The van der Waals surface area contributed by atoms with Crippen LogP contribution in [-0.2, 0) is 0 Å². The topological polar surface area (TPSA) is 51.8 Å². The van der Waals surface area contributed by atoms with Gasteiger partial charge in [0.25, 0.3) is 0 Å². The van der Waals surface area contributed by atoms with Crippen LogP contribution in [0.2, 0.25) is 0 Å². The van der Waals surface area contributed by atoms with Crippen molar-refractivity contribution in [2.24, 2.45) is 0 Å². The number of furan rings is 1. The van der Waals surface area contributed by atoms with E-state index in [1.165, 1.54) is 11.1 Å². The summed E-state index contributed by atoms with van der Waals surface area (Å²) in [6.07, 6.45) is 0. The monoisotopic (exact) mass is 727 g/mol. The van der Waals surface area contributed by atoms with E-state index in [1.54, 1.807) is 0 Å². The van der Waals surface area contributed by atoms with Crippen molar-refractivity contribution in [2.45, 2.75) is 0 Å². The number of benzene rings is 9. The Bertz CT molecular complexity index is 3260. The van der Waals surface area contributed by atoms with Crippen LogP contribution in [0.15, 0.2) is 205 Å². The molecule has 0 amide bonds. The van der Waals surface area contributed by atoms with Crippen LogP contribution in [0.4, 0.5) is 0 Å². The van der Waals surface area contributed by atoms with Gasteiger partial charge in [-0.1, -0.05) is 170 Å². The molecule has 0 spiro atoms. The predicted molar refractivity (Wildman–Crippen MR) is 235 cm³/mol. The number of aromatic nitrogens is 3. The largest absolute Gasteiger partial charge is 0.455 e. The molecule has 0 bridgehead atoms. The molecule has 0 atom stereocenters. The van der Waals surface area contributed by atoms with Crippen LogP contribution in [0.5, 0.6) is 0 Å². The Morgan fingerprint density at radius 3 is 1.49 bits per heavy atom. The highest BCUT2D eigenvalue weighted by molar-refractivity contribution is 6.19. The number of fused-ring (bicyclic) bond motifs is 6. The summed E-state index contributed by atoms with van der Waals surface area (Å²) in [5.41, 5.74) is 11.2. The zero-order chi connectivity index (χ0) is 37.7. The first kappa shape index (κ1) is 32.7. The lowest BCUT2D eigenvalue weighted by molar-refractivity contribution is 0.673. The molecule has 0 aliphatic heterocycles. The standard InChI is InChI=1S/C53H33N3O/c1-4-12-34(13-5-1)36-20-22-39(23-21-36)51-54-52(43-27-26-41-30-40(24-25-42(41)31-43)35-14-6-2-7-15-35)56-53(55-51)44-32-47(37-16-8-3-9-17-37)49-46-29-28-38-18-10-11-19-45(38)50(46)57-48(49)33-44/h1-33H. The van der Waals surface area contributed by atoms with Crippen LogP contribution < -0.4 is 0 Å². The minimum atomic E-state index is 0.575. The molecule has 0 aliphatic carbocycles. The van der Waals surface area contributed by atoms with Crippen molar-refractivity contribution < 1.29 is 4.42 Å². The molecule has 11 rings (SSSR count). The molecule has 11 aromatic rings. The van der Waals surface area contributed by atoms with E-state index >= 15 is 0 Å². The first-order chi connectivity index (χ1) is 28.2. The molecule has 57 heavy (non-hydrogen) atoms. The van der Waals surface area contributed by atoms with Crippen molar-refractivity contribution in [1.82, 2.24) is 15.0 Å². The maximum Gasteiger partial charge on any atom is 0.164 e. The number of hydrogen-bond donors (Lipinski definition) is 0. The Hall–Kier alpha value is -7.69. The van der Waals surface area contributed by atoms with Crippen LogP contribution in [0, 0.1) is 0 Å². The Balaban J connectivity index is 1.11. The van der Waals surface area contributed by atoms with Gasteiger partial charge >= 0.3 is 0 Å². The number of rotatable bonds is 6. The second-order valence-corrected chi connectivity index (χ2v) is 14.4. The Labute approximate surface area is 329 Å². The van der Waals surface area contributed by atoms with Gasteiger partial charge in [0.2, 0.25) is 0 Å². The fourth-order valence-corrected chi connectivity index (χ4v) is 8.01. The van der Waals surface area contributed by atoms with Crippen molar-refractivity contribution >= 4 is 43.5 Å². The van der Waals surface area contributed by atoms with Crippen LogP contribution in [0.3, 0.4) is 0 Å². The smallest absolute Gasteiger partial charge is 0.164 e. The van der Waals surface area contributed by atoms with Gasteiger partial charge in [-0.2, -0.15) is 0 Å². The lowest BCUT2D eigenvalue weighted by Gasteiger charge is -2.12. The van der Waals surface area contributed by atoms with Crippen molar-refractivity contribution in [3.63, 3.8) is 0 Å². The zero-order valence-corrected chi connectivity index (χ0v) is 30.8. The molecule has 0 saturated heterocycles. The highest BCUT2D eigenvalue weighted by atomic mass is 16.3. The molecule has 0 N–H and O–H groups in total. The van der Waals surface area contributed by atoms with Crippen molar-refractivity contribution in [2.75, 3.05) is 0 Å². The van der Waals surface area contributed by atoms with E-state index in [9.17, 15) is 0 Å². The summed E-state index contributed by atoms with van der Waals surface area (Å²) in [6.45, 7) is 0. The van der Waals surface area contributed by atoms with E-state index in [0.717, 1.165) is 82.4 Å². The van der Waals surface area contributed by atoms with Crippen LogP contribution in [0.1, 0.15) is 0 Å². The second-order valence-electron chi connectivity index (χ2n) is 14.4. The summed E-state index contributed by atoms with van der Waals surface area (Å²) in [5, 5.41) is 6.65. The normalized spacial score (nSPS) is 11.5. The molecule has 0 aliphatic rings. The number of hydrogen-bond acceptors (Lipinski definition) is 4. The quantitative estimate of drug-likeness (QED) is 0.171. The average molecular weight is 728 g/mol. The summed E-state index contributed by atoms with van der Waals surface area (Å²) < 4.78 is 6.79. The van der Waals surface area contributed by atoms with Crippen molar-refractivity contribution in [1.29, 1.82) is 0 Å². The fourth-order valence-electron chi connectivity index (χ4n) is 8.01. The van der Waals surface area contributed by atoms with Crippen LogP contribution >= 0.6 is 0 Å². The SMILES string of the molecule is c1ccc(-c2ccc(-c3nc(-c4ccc5cc(-c6ccccc6)ccc5c4)nc(-c4cc(-c5ccccc5)c5c(c4)oc4c6ccccc6ccc45)n3)cc2)cc1. The molecule has 2 heterocycles. The van der Waals surface area contributed by atoms with E-state index in [0.29, 0.717) is 17.5 Å². The van der Waals surface area contributed by atoms with Gasteiger partial charge in [-0.15, -0.1) is 0 Å². The molecular formula is C53H33N3O. The van der Waals surface area contributed by atoms with Gasteiger partial charge in [-0.05, 0) is 79.9 Å². The molecule has 0 fully saturated rings. The maximum atomic E-state index is 6.79. The molecule has 266 valence electrons. The van der Waals surface area contributed by atoms with E-state index < -0.39 is 0 Å². The molecule has 0 unspecified atom stereocenters. The second kappa shape index (κ2) is 13.6. The third-order valence-electron chi connectivity index (χ3n) is 10.9. The Kier molecular flexibility index (Phi) is 7.78. The van der Waals surface area contributed by atoms with E-state index in [2.05, 4.69) is 182 Å². The molecule has 4 heteroatoms. The zero-order valence-electron chi connectivity index (χ0n) is 30.8. The third-order valence-corrected chi connectivity index (χ3v) is 10.9. The van der Waals surface area contributed by atoms with Gasteiger partial charge in [0, 0.05) is 32.8 Å². The van der Waals surface area contributed by atoms with Gasteiger partial charge < -0.3 is 4.42 Å². The Morgan fingerprint density at radius 2 is 0.789 bits per heavy atom. The maximum absolute atomic E-state index is 6.79. The van der Waals surface area contributed by atoms with Gasteiger partial charge in [-0.3, -0.25) is 0 Å². The number of nitrogens with zero attached hydrogens (tertiary/aromatic N) is 3. The molecular weight excluding hydrogens is 695 g/mol. The van der Waals surface area contributed by atoms with Crippen molar-refractivity contribution in [3.05, 3.63) is 200 Å². The molecule has 0 saturated carbocycles. The van der Waals surface area contributed by atoms with E-state index in [4.69, 9.17) is 19.4 Å². The van der Waals surface area contributed by atoms with E-state index in [1.807, 2.05) is 18.2 Å². The third kappa shape index (κ3) is 5.92. The molecule has 4 nitrogen and oxygen atoms in total. The summed E-state index contributed by atoms with van der Waals surface area (Å²) in [6, 6.07) is 69.9. The summed E-state index contributed by atoms with van der Waals surface area (Å²) in [4.78, 5) is 15.5. The van der Waals surface area contributed by atoms with Gasteiger partial charge in [0.15, 0.2) is 17.5 Å². The first-order valence-electron chi connectivity index (χ1n) is 19.2. The average Bonchev–Trinajstić information content (AvgIpc) is 3.68. The van der Waals surface area contributed by atoms with Crippen LogP contribution in [-0.4, -0.2) is 15.0 Å². The molecule has 2 aromatic heterocycles. The molecule has 9 aromatic carbocycles. The highest BCUT2D eigenvalue weighted by Crippen LogP contribution is 2.42. The van der Waals surface area contributed by atoms with Crippen LogP contribution in [0.25, 0.3) is 111 Å².